The SMILES string of the molecule is C=CCOC12Oc3ccc(OCc4ccccc4F)cc3C3C(CCCCO)C(CCCCO)C=C(C(=NOCC)CC1N(Cc1ccc(F)cc1)C(=O)OCC)C32. The van der Waals surface area contributed by atoms with E-state index in [-0.39, 0.29) is 69.6 Å². The van der Waals surface area contributed by atoms with Gasteiger partial charge in [-0.3, -0.25) is 4.90 Å². The fourth-order valence-electron chi connectivity index (χ4n) is 8.95. The van der Waals surface area contributed by atoms with Crippen LogP contribution >= 0.6 is 0 Å². The first-order valence-corrected chi connectivity index (χ1v) is 20.5. The summed E-state index contributed by atoms with van der Waals surface area (Å²) < 4.78 is 55.0. The van der Waals surface area contributed by atoms with Gasteiger partial charge in [0.15, 0.2) is 0 Å². The van der Waals surface area contributed by atoms with Crippen LogP contribution in [0.4, 0.5) is 13.6 Å². The maximum atomic E-state index is 14.7. The van der Waals surface area contributed by atoms with Crippen molar-refractivity contribution in [2.75, 3.05) is 33.0 Å². The number of carbonyl (C=O) groups is 1. The van der Waals surface area contributed by atoms with Gasteiger partial charge in [-0.05, 0) is 98.9 Å². The van der Waals surface area contributed by atoms with Crippen molar-refractivity contribution >= 4 is 11.8 Å². The number of aliphatic hydroxyl groups excluding tert-OH is 2. The van der Waals surface area contributed by atoms with Crippen LogP contribution in [-0.4, -0.2) is 71.8 Å². The second-order valence-corrected chi connectivity index (χ2v) is 15.0. The number of carbonyl (C=O) groups excluding carboxylic acids is 1. The van der Waals surface area contributed by atoms with Gasteiger partial charge in [0.1, 0.15) is 42.4 Å². The van der Waals surface area contributed by atoms with Crippen LogP contribution in [-0.2, 0) is 27.5 Å². The predicted octanol–water partition coefficient (Wildman–Crippen LogP) is 8.86. The van der Waals surface area contributed by atoms with E-state index in [2.05, 4.69) is 12.7 Å². The third kappa shape index (κ3) is 9.40. The maximum absolute atomic E-state index is 14.7. The zero-order chi connectivity index (χ0) is 41.1. The first kappa shape index (κ1) is 42.8. The van der Waals surface area contributed by atoms with Gasteiger partial charge in [0.05, 0.1) is 24.8 Å². The van der Waals surface area contributed by atoms with Crippen molar-refractivity contribution < 1.29 is 47.6 Å². The van der Waals surface area contributed by atoms with Gasteiger partial charge in [0.2, 0.25) is 5.79 Å². The Labute approximate surface area is 340 Å². The highest BCUT2D eigenvalue weighted by molar-refractivity contribution is 6.03. The number of ether oxygens (including phenoxy) is 4. The van der Waals surface area contributed by atoms with E-state index in [0.29, 0.717) is 47.8 Å². The van der Waals surface area contributed by atoms with Crippen LogP contribution in [0.3, 0.4) is 0 Å². The van der Waals surface area contributed by atoms with Crippen LogP contribution in [0.2, 0.25) is 0 Å². The lowest BCUT2D eigenvalue weighted by molar-refractivity contribution is -0.256. The van der Waals surface area contributed by atoms with Crippen LogP contribution < -0.4 is 9.47 Å². The minimum atomic E-state index is -1.50. The normalized spacial score (nSPS) is 23.9. The van der Waals surface area contributed by atoms with Gasteiger partial charge < -0.3 is 34.0 Å². The van der Waals surface area contributed by atoms with E-state index < -0.39 is 29.7 Å². The molecule has 6 atom stereocenters. The van der Waals surface area contributed by atoms with Gasteiger partial charge in [-0.25, -0.2) is 13.6 Å². The molecule has 10 nitrogen and oxygen atoms in total. The first-order chi connectivity index (χ1) is 28.3. The fourth-order valence-corrected chi connectivity index (χ4v) is 8.95. The number of fused-ring (bicyclic) bond motifs is 2. The molecule has 0 radical (unpaired) electrons. The van der Waals surface area contributed by atoms with Crippen molar-refractivity contribution in [2.45, 2.75) is 89.7 Å². The summed E-state index contributed by atoms with van der Waals surface area (Å²) in [6.07, 6.45) is 7.88. The lowest BCUT2D eigenvalue weighted by atomic mass is 9.55. The zero-order valence-corrected chi connectivity index (χ0v) is 33.5. The first-order valence-electron chi connectivity index (χ1n) is 20.5. The van der Waals surface area contributed by atoms with Crippen molar-refractivity contribution in [3.8, 4) is 11.5 Å². The summed E-state index contributed by atoms with van der Waals surface area (Å²) in [6, 6.07) is 17.3. The molecule has 1 saturated carbocycles. The third-order valence-corrected chi connectivity index (χ3v) is 11.4. The number of hydrogen-bond acceptors (Lipinski definition) is 9. The second kappa shape index (κ2) is 20.3. The minimum Gasteiger partial charge on any atom is -0.489 e. The number of halogens is 2. The molecule has 1 aliphatic heterocycles. The van der Waals surface area contributed by atoms with E-state index in [4.69, 9.17) is 28.9 Å². The second-order valence-electron chi connectivity index (χ2n) is 15.0. The molecule has 2 N–H and O–H groups in total. The molecule has 6 rings (SSSR count). The summed E-state index contributed by atoms with van der Waals surface area (Å²) in [5, 5.41) is 24.4. The lowest BCUT2D eigenvalue weighted by Gasteiger charge is -2.59. The molecule has 0 saturated heterocycles. The maximum Gasteiger partial charge on any atom is 0.410 e. The minimum absolute atomic E-state index is 0.00426. The van der Waals surface area contributed by atoms with Gasteiger partial charge in [-0.1, -0.05) is 60.5 Å². The molecular weight excluding hydrogens is 747 g/mol. The molecule has 1 amide bonds. The molecule has 0 bridgehead atoms. The number of aliphatic hydroxyl groups is 2. The molecule has 12 heteroatoms. The largest absolute Gasteiger partial charge is 0.489 e. The smallest absolute Gasteiger partial charge is 0.410 e. The standard InChI is InChI=1S/C46H56F2N2O8/c1-4-25-56-46-42(50(45(53)54-5-2)29-31-17-19-34(47)20-18-31)28-40(49-57-6-3)37-26-32(13-9-11-23-51)36(15-10-12-24-52)43(44(37)46)38-27-35(21-22-41(38)58-46)55-30-33-14-7-8-16-39(33)48/h4,7-8,14,16-22,26-27,32,36,42-44,51-52H,1,5-6,9-13,15,23-25,28-30H2,2-3H3. The Bertz CT molecular complexity index is 1900. The van der Waals surface area contributed by atoms with Gasteiger partial charge >= 0.3 is 6.09 Å². The Balaban J connectivity index is 1.57. The van der Waals surface area contributed by atoms with Crippen molar-refractivity contribution in [1.82, 2.24) is 4.90 Å². The highest BCUT2D eigenvalue weighted by Gasteiger charge is 2.65. The van der Waals surface area contributed by atoms with Crippen molar-refractivity contribution in [2.24, 2.45) is 22.9 Å². The fraction of sp³-hybridized carbons (Fsp3) is 0.478. The quantitative estimate of drug-likeness (QED) is 0.0661. The van der Waals surface area contributed by atoms with E-state index in [1.165, 1.54) is 18.2 Å². The molecule has 3 aromatic carbocycles. The van der Waals surface area contributed by atoms with Crippen LogP contribution in [0, 0.1) is 29.4 Å². The van der Waals surface area contributed by atoms with Crippen molar-refractivity contribution in [3.05, 3.63) is 119 Å². The molecule has 0 spiro atoms. The highest BCUT2D eigenvalue weighted by atomic mass is 19.1. The van der Waals surface area contributed by atoms with Crippen LogP contribution in [0.1, 0.15) is 81.4 Å². The number of nitrogens with zero attached hydrogens (tertiary/aromatic N) is 2. The van der Waals surface area contributed by atoms with Gasteiger partial charge in [-0.15, -0.1) is 6.58 Å². The number of unbranched alkanes of at least 4 members (excludes halogenated alkanes) is 2. The molecule has 1 fully saturated rings. The van der Waals surface area contributed by atoms with E-state index >= 15 is 0 Å². The van der Waals surface area contributed by atoms with Crippen LogP contribution in [0.15, 0.2) is 96.2 Å². The Hall–Kier alpha value is -4.78. The Morgan fingerprint density at radius 3 is 2.47 bits per heavy atom. The van der Waals surface area contributed by atoms with Gasteiger partial charge in [0, 0.05) is 43.2 Å². The average molecular weight is 803 g/mol. The number of allylic oxidation sites excluding steroid dienone is 1. The summed E-state index contributed by atoms with van der Waals surface area (Å²) in [5.74, 6) is -1.97. The Morgan fingerprint density at radius 2 is 1.76 bits per heavy atom. The lowest BCUT2D eigenvalue weighted by Crippen LogP contribution is -2.70. The molecule has 6 unspecified atom stereocenters. The monoisotopic (exact) mass is 802 g/mol. The summed E-state index contributed by atoms with van der Waals surface area (Å²) in [6.45, 7) is 8.32. The highest BCUT2D eigenvalue weighted by Crippen LogP contribution is 2.62. The molecule has 1 heterocycles. The number of amides is 1. The Morgan fingerprint density at radius 1 is 1.00 bits per heavy atom. The predicted molar refractivity (Wildman–Crippen MR) is 216 cm³/mol. The molecule has 0 aromatic heterocycles. The number of hydrogen-bond donors (Lipinski definition) is 2. The Kier molecular flexibility index (Phi) is 15.0. The van der Waals surface area contributed by atoms with E-state index in [1.54, 1.807) is 54.3 Å². The van der Waals surface area contributed by atoms with Gasteiger partial charge in [0.25, 0.3) is 0 Å². The molecule has 312 valence electrons. The molecule has 58 heavy (non-hydrogen) atoms. The number of benzene rings is 3. The zero-order valence-electron chi connectivity index (χ0n) is 33.5. The molecule has 3 aromatic rings. The summed E-state index contributed by atoms with van der Waals surface area (Å²) in [7, 11) is 0. The summed E-state index contributed by atoms with van der Waals surface area (Å²) >= 11 is 0. The number of oxime groups is 1. The van der Waals surface area contributed by atoms with E-state index in [9.17, 15) is 23.8 Å². The van der Waals surface area contributed by atoms with Crippen LogP contribution in [0.5, 0.6) is 11.5 Å². The summed E-state index contributed by atoms with van der Waals surface area (Å²) in [5.41, 5.74) is 3.51. The van der Waals surface area contributed by atoms with Crippen molar-refractivity contribution in [1.29, 1.82) is 0 Å². The van der Waals surface area contributed by atoms with Crippen LogP contribution in [0.25, 0.3) is 0 Å². The molecule has 2 aliphatic carbocycles. The third-order valence-electron chi connectivity index (χ3n) is 11.4. The average Bonchev–Trinajstić information content (AvgIpc) is 3.23. The molecule has 3 aliphatic rings. The summed E-state index contributed by atoms with van der Waals surface area (Å²) in [4.78, 5) is 21.6. The number of rotatable bonds is 20. The topological polar surface area (TPSA) is 119 Å². The van der Waals surface area contributed by atoms with Gasteiger partial charge in [-0.2, -0.15) is 0 Å². The van der Waals surface area contributed by atoms with E-state index in [1.807, 2.05) is 19.1 Å². The van der Waals surface area contributed by atoms with Crippen molar-refractivity contribution in [3.63, 3.8) is 0 Å². The molecular formula is C46H56F2N2O8. The van der Waals surface area contributed by atoms with E-state index in [0.717, 1.165) is 36.8 Å².